The molecule has 1 aliphatic rings. The highest BCUT2D eigenvalue weighted by Crippen LogP contribution is 2.26. The Hall–Kier alpha value is -1.61. The summed E-state index contributed by atoms with van der Waals surface area (Å²) in [5.41, 5.74) is 1.41. The van der Waals surface area contributed by atoms with Crippen molar-refractivity contribution in [2.75, 3.05) is 7.05 Å². The zero-order valence-electron chi connectivity index (χ0n) is 11.5. The molecule has 3 rings (SSSR count). The summed E-state index contributed by atoms with van der Waals surface area (Å²) in [7, 11) is 1.89. The van der Waals surface area contributed by atoms with E-state index in [-0.39, 0.29) is 5.91 Å². The number of benzene rings is 1. The molecule has 0 N–H and O–H groups in total. The molecular weight excluding hydrogens is 272 g/mol. The van der Waals surface area contributed by atoms with Gasteiger partial charge in [-0.25, -0.2) is 4.98 Å². The van der Waals surface area contributed by atoms with Gasteiger partial charge in [-0.15, -0.1) is 0 Å². The minimum absolute atomic E-state index is 0.0393. The Balaban J connectivity index is 2.02. The number of amides is 1. The van der Waals surface area contributed by atoms with E-state index in [2.05, 4.69) is 4.98 Å². The van der Waals surface area contributed by atoms with Gasteiger partial charge in [0.1, 0.15) is 5.15 Å². The minimum Gasteiger partial charge on any atom is -0.339 e. The smallest absolute Gasteiger partial charge is 0.254 e. The van der Waals surface area contributed by atoms with Crippen LogP contribution in [0, 0.1) is 0 Å². The Bertz CT molecular complexity index is 650. The third-order valence-corrected chi connectivity index (χ3v) is 4.30. The quantitative estimate of drug-likeness (QED) is 0.785. The monoisotopic (exact) mass is 288 g/mol. The highest BCUT2D eigenvalue weighted by molar-refractivity contribution is 6.30. The fourth-order valence-electron chi connectivity index (χ4n) is 2.97. The third kappa shape index (κ3) is 2.38. The molecule has 0 aliphatic heterocycles. The summed E-state index contributed by atoms with van der Waals surface area (Å²) in [6.07, 6.45) is 4.61. The van der Waals surface area contributed by atoms with E-state index in [4.69, 9.17) is 11.6 Å². The van der Waals surface area contributed by atoms with Crippen LogP contribution >= 0.6 is 11.6 Å². The van der Waals surface area contributed by atoms with Crippen molar-refractivity contribution in [3.8, 4) is 0 Å². The van der Waals surface area contributed by atoms with Crippen molar-refractivity contribution in [3.05, 3.63) is 41.0 Å². The molecule has 2 aromatic rings. The van der Waals surface area contributed by atoms with E-state index in [0.29, 0.717) is 16.8 Å². The van der Waals surface area contributed by atoms with Gasteiger partial charge in [0.15, 0.2) is 0 Å². The van der Waals surface area contributed by atoms with Crippen molar-refractivity contribution in [2.45, 2.75) is 31.7 Å². The highest BCUT2D eigenvalue weighted by atomic mass is 35.5. The van der Waals surface area contributed by atoms with Gasteiger partial charge < -0.3 is 4.90 Å². The maximum Gasteiger partial charge on any atom is 0.254 e. The molecule has 1 aromatic carbocycles. The van der Waals surface area contributed by atoms with Crippen LogP contribution < -0.4 is 0 Å². The van der Waals surface area contributed by atoms with E-state index in [9.17, 15) is 4.79 Å². The molecule has 1 aliphatic carbocycles. The topological polar surface area (TPSA) is 33.2 Å². The van der Waals surface area contributed by atoms with Gasteiger partial charge in [0.2, 0.25) is 0 Å². The van der Waals surface area contributed by atoms with E-state index in [1.54, 1.807) is 6.07 Å². The lowest BCUT2D eigenvalue weighted by molar-refractivity contribution is 0.0737. The summed E-state index contributed by atoms with van der Waals surface area (Å²) in [6, 6.07) is 9.66. The molecular formula is C16H17ClN2O. The van der Waals surface area contributed by atoms with Gasteiger partial charge in [-0.3, -0.25) is 4.79 Å². The molecule has 0 spiro atoms. The van der Waals surface area contributed by atoms with Crippen molar-refractivity contribution >= 4 is 28.4 Å². The molecule has 1 saturated carbocycles. The van der Waals surface area contributed by atoms with Gasteiger partial charge in [-0.05, 0) is 25.0 Å². The van der Waals surface area contributed by atoms with Crippen molar-refractivity contribution in [1.82, 2.24) is 9.88 Å². The van der Waals surface area contributed by atoms with Gasteiger partial charge in [-0.1, -0.05) is 42.6 Å². The Morgan fingerprint density at radius 3 is 2.75 bits per heavy atom. The molecule has 104 valence electrons. The lowest BCUT2D eigenvalue weighted by Gasteiger charge is -2.25. The van der Waals surface area contributed by atoms with E-state index in [1.807, 2.05) is 36.2 Å². The zero-order valence-corrected chi connectivity index (χ0v) is 12.2. The summed E-state index contributed by atoms with van der Waals surface area (Å²) in [6.45, 7) is 0. The molecule has 1 aromatic heterocycles. The van der Waals surface area contributed by atoms with Gasteiger partial charge in [0.05, 0.1) is 11.1 Å². The summed E-state index contributed by atoms with van der Waals surface area (Å²) >= 11 is 6.05. The number of nitrogens with zero attached hydrogens (tertiary/aromatic N) is 2. The number of carbonyl (C=O) groups excluding carboxylic acids is 1. The Labute approximate surface area is 123 Å². The second kappa shape index (κ2) is 5.41. The zero-order chi connectivity index (χ0) is 14.1. The van der Waals surface area contributed by atoms with Crippen molar-refractivity contribution in [3.63, 3.8) is 0 Å². The first-order valence-electron chi connectivity index (χ1n) is 6.99. The molecule has 0 unspecified atom stereocenters. The fourth-order valence-corrected chi connectivity index (χ4v) is 3.17. The standard InChI is InChI=1S/C16H17ClN2O/c1-19(11-6-2-3-7-11)16(20)13-10-15(17)18-14-9-5-4-8-12(13)14/h4-5,8-11H,2-3,6-7H2,1H3. The number of hydrogen-bond acceptors (Lipinski definition) is 2. The number of aromatic nitrogens is 1. The molecule has 20 heavy (non-hydrogen) atoms. The lowest BCUT2D eigenvalue weighted by Crippen LogP contribution is -2.35. The first kappa shape index (κ1) is 13.4. The van der Waals surface area contributed by atoms with Gasteiger partial charge in [0.25, 0.3) is 5.91 Å². The summed E-state index contributed by atoms with van der Waals surface area (Å²) in [5.74, 6) is 0.0393. The van der Waals surface area contributed by atoms with Crippen LogP contribution in [0.1, 0.15) is 36.0 Å². The Morgan fingerprint density at radius 1 is 1.30 bits per heavy atom. The molecule has 1 amide bonds. The maximum absolute atomic E-state index is 12.7. The number of rotatable bonds is 2. The molecule has 0 atom stereocenters. The average molecular weight is 289 g/mol. The van der Waals surface area contributed by atoms with E-state index in [0.717, 1.165) is 23.7 Å². The van der Waals surface area contributed by atoms with Crippen LogP contribution in [0.25, 0.3) is 10.9 Å². The Morgan fingerprint density at radius 2 is 2.00 bits per heavy atom. The molecule has 1 fully saturated rings. The van der Waals surface area contributed by atoms with Crippen LogP contribution in [0.3, 0.4) is 0 Å². The predicted molar refractivity (Wildman–Crippen MR) is 81.1 cm³/mol. The second-order valence-corrected chi connectivity index (χ2v) is 5.75. The number of para-hydroxylation sites is 1. The first-order chi connectivity index (χ1) is 9.66. The van der Waals surface area contributed by atoms with Crippen LogP contribution in [-0.2, 0) is 0 Å². The van der Waals surface area contributed by atoms with Crippen molar-refractivity contribution in [2.24, 2.45) is 0 Å². The van der Waals surface area contributed by atoms with Crippen LogP contribution in [0.2, 0.25) is 5.15 Å². The van der Waals surface area contributed by atoms with Crippen LogP contribution in [0.5, 0.6) is 0 Å². The molecule has 1 heterocycles. The van der Waals surface area contributed by atoms with Gasteiger partial charge >= 0.3 is 0 Å². The lowest BCUT2D eigenvalue weighted by atomic mass is 10.1. The fraction of sp³-hybridized carbons (Fsp3) is 0.375. The van der Waals surface area contributed by atoms with Gasteiger partial charge in [-0.2, -0.15) is 0 Å². The maximum atomic E-state index is 12.7. The third-order valence-electron chi connectivity index (χ3n) is 4.11. The number of carbonyl (C=O) groups is 1. The van der Waals surface area contributed by atoms with Crippen molar-refractivity contribution in [1.29, 1.82) is 0 Å². The molecule has 0 radical (unpaired) electrons. The van der Waals surface area contributed by atoms with E-state index in [1.165, 1.54) is 12.8 Å². The average Bonchev–Trinajstić information content (AvgIpc) is 2.99. The molecule has 3 nitrogen and oxygen atoms in total. The minimum atomic E-state index is 0.0393. The van der Waals surface area contributed by atoms with Crippen molar-refractivity contribution < 1.29 is 4.79 Å². The van der Waals surface area contributed by atoms with E-state index < -0.39 is 0 Å². The number of halogens is 1. The second-order valence-electron chi connectivity index (χ2n) is 5.36. The number of pyridine rings is 1. The SMILES string of the molecule is CN(C(=O)c1cc(Cl)nc2ccccc12)C1CCCC1. The molecule has 0 saturated heterocycles. The van der Waals surface area contributed by atoms with Gasteiger partial charge in [0, 0.05) is 18.5 Å². The van der Waals surface area contributed by atoms with E-state index >= 15 is 0 Å². The highest BCUT2D eigenvalue weighted by Gasteiger charge is 2.25. The number of fused-ring (bicyclic) bond motifs is 1. The summed E-state index contributed by atoms with van der Waals surface area (Å²) < 4.78 is 0. The molecule has 0 bridgehead atoms. The molecule has 4 heteroatoms. The summed E-state index contributed by atoms with van der Waals surface area (Å²) in [5, 5.41) is 1.23. The van der Waals surface area contributed by atoms with Crippen LogP contribution in [0.15, 0.2) is 30.3 Å². The Kier molecular flexibility index (Phi) is 3.62. The van der Waals surface area contributed by atoms with Crippen LogP contribution in [0.4, 0.5) is 0 Å². The number of hydrogen-bond donors (Lipinski definition) is 0. The largest absolute Gasteiger partial charge is 0.339 e. The van der Waals surface area contributed by atoms with Crippen LogP contribution in [-0.4, -0.2) is 28.9 Å². The predicted octanol–water partition coefficient (Wildman–Crippen LogP) is 3.90. The first-order valence-corrected chi connectivity index (χ1v) is 7.37. The normalized spacial score (nSPS) is 15.7. The summed E-state index contributed by atoms with van der Waals surface area (Å²) in [4.78, 5) is 18.9.